The lowest BCUT2D eigenvalue weighted by Gasteiger charge is -2.24. The summed E-state index contributed by atoms with van der Waals surface area (Å²) in [4.78, 5) is 10.6. The van der Waals surface area contributed by atoms with Gasteiger partial charge in [-0.3, -0.25) is 0 Å². The van der Waals surface area contributed by atoms with Crippen LogP contribution in [0.25, 0.3) is 87.3 Å². The predicted octanol–water partition coefficient (Wildman–Crippen LogP) is 13.1. The molecular weight excluding hydrogens is 687 g/mol. The van der Waals surface area contributed by atoms with Crippen LogP contribution in [0.2, 0.25) is 0 Å². The van der Waals surface area contributed by atoms with Gasteiger partial charge in [0.05, 0.1) is 0 Å². The van der Waals surface area contributed by atoms with Crippen molar-refractivity contribution in [2.24, 2.45) is 9.98 Å². The first-order valence-corrected chi connectivity index (χ1v) is 18.9. The van der Waals surface area contributed by atoms with Crippen LogP contribution in [0, 0.1) is 0 Å². The fraction of sp³-hybridized carbons (Fsp3) is 0.0196. The van der Waals surface area contributed by atoms with Gasteiger partial charge in [-0.1, -0.05) is 133 Å². The van der Waals surface area contributed by atoms with Gasteiger partial charge in [-0.05, 0) is 85.9 Å². The highest BCUT2D eigenvalue weighted by atomic mass is 16.3. The van der Waals surface area contributed by atoms with Crippen molar-refractivity contribution < 1.29 is 8.83 Å². The van der Waals surface area contributed by atoms with Crippen LogP contribution in [0.1, 0.15) is 22.9 Å². The second kappa shape index (κ2) is 12.0. The molecule has 1 atom stereocenters. The second-order valence-electron chi connectivity index (χ2n) is 14.5. The average molecular weight is 718 g/mol. The number of aliphatic imine (C=N–C) groups is 2. The Kier molecular flexibility index (Phi) is 6.63. The fourth-order valence-corrected chi connectivity index (χ4v) is 8.63. The van der Waals surface area contributed by atoms with Gasteiger partial charge < -0.3 is 14.2 Å². The summed E-state index contributed by atoms with van der Waals surface area (Å²) < 4.78 is 13.2. The lowest BCUT2D eigenvalue weighted by Crippen LogP contribution is -2.33. The van der Waals surface area contributed by atoms with Gasteiger partial charge >= 0.3 is 0 Å². The number of amidine groups is 2. The first-order valence-electron chi connectivity index (χ1n) is 18.9. The molecule has 5 nitrogen and oxygen atoms in total. The van der Waals surface area contributed by atoms with Crippen LogP contribution in [0.5, 0.6) is 0 Å². The van der Waals surface area contributed by atoms with E-state index in [2.05, 4.69) is 151 Å². The molecule has 1 aliphatic heterocycles. The van der Waals surface area contributed by atoms with Crippen LogP contribution >= 0.6 is 0 Å². The molecule has 1 N–H and O–H groups in total. The molecule has 0 aliphatic carbocycles. The molecule has 2 aromatic heterocycles. The fourth-order valence-electron chi connectivity index (χ4n) is 8.63. The van der Waals surface area contributed by atoms with E-state index in [1.165, 1.54) is 32.3 Å². The molecule has 12 rings (SSSR count). The highest BCUT2D eigenvalue weighted by Gasteiger charge is 2.25. The van der Waals surface area contributed by atoms with E-state index < -0.39 is 0 Å². The lowest BCUT2D eigenvalue weighted by molar-refractivity contribution is 0.668. The summed E-state index contributed by atoms with van der Waals surface area (Å²) in [5.41, 5.74) is 8.37. The Morgan fingerprint density at radius 1 is 0.429 bits per heavy atom. The molecule has 11 aromatic rings. The molecule has 0 spiro atoms. The molecule has 56 heavy (non-hydrogen) atoms. The molecule has 0 bridgehead atoms. The summed E-state index contributed by atoms with van der Waals surface area (Å²) in [5, 5.41) is 15.1. The molecule has 0 fully saturated rings. The minimum Gasteiger partial charge on any atom is -0.456 e. The molecule has 5 heteroatoms. The first kappa shape index (κ1) is 30.9. The van der Waals surface area contributed by atoms with Crippen molar-refractivity contribution in [1.29, 1.82) is 0 Å². The average Bonchev–Trinajstić information content (AvgIpc) is 3.85. The molecule has 1 unspecified atom stereocenters. The van der Waals surface area contributed by atoms with Crippen molar-refractivity contribution in [1.82, 2.24) is 5.32 Å². The van der Waals surface area contributed by atoms with Gasteiger partial charge in [0.25, 0.3) is 0 Å². The van der Waals surface area contributed by atoms with Crippen LogP contribution in [-0.4, -0.2) is 11.7 Å². The molecule has 0 radical (unpaired) electrons. The summed E-state index contributed by atoms with van der Waals surface area (Å²) in [6.07, 6.45) is -0.374. The lowest BCUT2D eigenvalue weighted by atomic mass is 9.96. The number of nitrogens with one attached hydrogen (secondary N) is 1. The highest BCUT2D eigenvalue weighted by molar-refractivity contribution is 6.24. The third kappa shape index (κ3) is 4.74. The standard InChI is InChI=1S/C51H31N3O2/c1-2-12-33(13-3-1)49-52-50(35-21-20-32-19-18-30-10-4-6-14-36(30)41(32)29-35)54-51(53-49)40-25-24-38(48-47(40)39-16-8-9-17-43(39)56-48)34-23-26-44-42(28-34)46-37-15-7-5-11-31(37)22-27-45(46)55-44/h1-29,50H,(H,52,53,54). The normalized spacial score (nSPS) is 14.6. The number of furan rings is 2. The van der Waals surface area contributed by atoms with Gasteiger partial charge in [-0.2, -0.15) is 0 Å². The van der Waals surface area contributed by atoms with Crippen molar-refractivity contribution in [2.45, 2.75) is 6.17 Å². The van der Waals surface area contributed by atoms with Gasteiger partial charge in [0, 0.05) is 38.2 Å². The maximum atomic E-state index is 6.79. The largest absolute Gasteiger partial charge is 0.456 e. The molecule has 0 saturated carbocycles. The van der Waals surface area contributed by atoms with E-state index in [1.807, 2.05) is 30.3 Å². The molecule has 3 heterocycles. The van der Waals surface area contributed by atoms with Crippen molar-refractivity contribution in [2.75, 3.05) is 0 Å². The van der Waals surface area contributed by atoms with Crippen LogP contribution in [-0.2, 0) is 0 Å². The first-order chi connectivity index (χ1) is 27.7. The monoisotopic (exact) mass is 717 g/mol. The second-order valence-corrected chi connectivity index (χ2v) is 14.5. The quantitative estimate of drug-likeness (QED) is 0.184. The van der Waals surface area contributed by atoms with E-state index in [0.717, 1.165) is 77.5 Å². The van der Waals surface area contributed by atoms with Crippen LogP contribution in [0.4, 0.5) is 0 Å². The van der Waals surface area contributed by atoms with Crippen molar-refractivity contribution >= 4 is 87.9 Å². The number of nitrogens with zero attached hydrogens (tertiary/aromatic N) is 2. The highest BCUT2D eigenvalue weighted by Crippen LogP contribution is 2.42. The Hall–Kier alpha value is -7.50. The van der Waals surface area contributed by atoms with E-state index in [9.17, 15) is 0 Å². The number of benzene rings is 9. The van der Waals surface area contributed by atoms with E-state index >= 15 is 0 Å². The minimum absolute atomic E-state index is 0.374. The number of para-hydroxylation sites is 1. The number of hydrogen-bond acceptors (Lipinski definition) is 5. The maximum Gasteiger partial charge on any atom is 0.160 e. The molecule has 0 amide bonds. The summed E-state index contributed by atoms with van der Waals surface area (Å²) in [6, 6.07) is 61.5. The van der Waals surface area contributed by atoms with Crippen molar-refractivity contribution in [3.05, 3.63) is 193 Å². The smallest absolute Gasteiger partial charge is 0.160 e. The van der Waals surface area contributed by atoms with E-state index in [1.54, 1.807) is 0 Å². The van der Waals surface area contributed by atoms with Gasteiger partial charge in [-0.15, -0.1) is 0 Å². The summed E-state index contributed by atoms with van der Waals surface area (Å²) in [5.74, 6) is 1.42. The Balaban J connectivity index is 1.07. The molecule has 262 valence electrons. The number of fused-ring (bicyclic) bond motifs is 11. The summed E-state index contributed by atoms with van der Waals surface area (Å²) in [6.45, 7) is 0. The van der Waals surface area contributed by atoms with Gasteiger partial charge in [0.2, 0.25) is 0 Å². The third-order valence-electron chi connectivity index (χ3n) is 11.3. The Labute approximate surface area is 320 Å². The summed E-state index contributed by atoms with van der Waals surface area (Å²) in [7, 11) is 0. The predicted molar refractivity (Wildman–Crippen MR) is 231 cm³/mol. The zero-order chi connectivity index (χ0) is 36.7. The summed E-state index contributed by atoms with van der Waals surface area (Å²) >= 11 is 0. The van der Waals surface area contributed by atoms with Crippen LogP contribution < -0.4 is 5.32 Å². The molecule has 9 aromatic carbocycles. The minimum atomic E-state index is -0.374. The Morgan fingerprint density at radius 3 is 1.96 bits per heavy atom. The van der Waals surface area contributed by atoms with E-state index in [4.69, 9.17) is 18.8 Å². The SMILES string of the molecule is c1ccc(C2=NC(c3ccc(-c4ccc5oc6ccc7ccccc7c6c5c4)c4oc5ccccc5c34)=NC(c3ccc4ccc5ccccc5c4c3)N2)cc1. The number of hydrogen-bond donors (Lipinski definition) is 1. The van der Waals surface area contributed by atoms with E-state index in [0.29, 0.717) is 5.84 Å². The van der Waals surface area contributed by atoms with Crippen LogP contribution in [0.15, 0.2) is 195 Å². The maximum absolute atomic E-state index is 6.79. The zero-order valence-electron chi connectivity index (χ0n) is 30.0. The topological polar surface area (TPSA) is 63.0 Å². The molecular formula is C51H31N3O2. The Morgan fingerprint density at radius 2 is 1.09 bits per heavy atom. The molecule has 0 saturated heterocycles. The third-order valence-corrected chi connectivity index (χ3v) is 11.3. The van der Waals surface area contributed by atoms with Crippen molar-refractivity contribution in [3.63, 3.8) is 0 Å². The Bertz CT molecular complexity index is 3460. The van der Waals surface area contributed by atoms with Gasteiger partial charge in [0.1, 0.15) is 34.3 Å². The van der Waals surface area contributed by atoms with Crippen LogP contribution in [0.3, 0.4) is 0 Å². The van der Waals surface area contributed by atoms with Crippen molar-refractivity contribution in [3.8, 4) is 11.1 Å². The number of rotatable bonds is 4. The molecule has 1 aliphatic rings. The zero-order valence-corrected chi connectivity index (χ0v) is 30.0. The van der Waals surface area contributed by atoms with Gasteiger partial charge in [0.15, 0.2) is 5.84 Å². The van der Waals surface area contributed by atoms with E-state index in [-0.39, 0.29) is 6.17 Å². The van der Waals surface area contributed by atoms with Gasteiger partial charge in [-0.25, -0.2) is 9.98 Å².